The van der Waals surface area contributed by atoms with Crippen molar-refractivity contribution in [2.24, 2.45) is 10.2 Å². The van der Waals surface area contributed by atoms with Crippen LogP contribution in [-0.2, 0) is 0 Å². The van der Waals surface area contributed by atoms with E-state index < -0.39 is 11.6 Å². The van der Waals surface area contributed by atoms with Crippen LogP contribution in [0.3, 0.4) is 0 Å². The van der Waals surface area contributed by atoms with E-state index in [1.165, 1.54) is 0 Å². The second-order valence-electron chi connectivity index (χ2n) is 5.37. The highest BCUT2D eigenvalue weighted by atomic mass is 19.1. The summed E-state index contributed by atoms with van der Waals surface area (Å²) in [6.07, 6.45) is 1.75. The molecule has 25 heavy (non-hydrogen) atoms. The Balaban J connectivity index is 1.92. The van der Waals surface area contributed by atoms with Crippen LogP contribution in [0.4, 0.5) is 20.3 Å². The van der Waals surface area contributed by atoms with E-state index in [0.29, 0.717) is 17.2 Å². The van der Waals surface area contributed by atoms with Gasteiger partial charge in [-0.25, -0.2) is 13.8 Å². The number of benzene rings is 2. The molecule has 0 aliphatic carbocycles. The largest absolute Gasteiger partial charge is 0.283 e. The predicted molar refractivity (Wildman–Crippen MR) is 91.2 cm³/mol. The number of rotatable bonds is 3. The van der Waals surface area contributed by atoms with Crippen molar-refractivity contribution < 1.29 is 8.78 Å². The summed E-state index contributed by atoms with van der Waals surface area (Å²) in [4.78, 5) is 4.40. The van der Waals surface area contributed by atoms with Gasteiger partial charge in [-0.3, -0.25) is 4.40 Å². The number of azo groups is 1. The number of fused-ring (bicyclic) bond motifs is 1. The minimum atomic E-state index is -0.569. The van der Waals surface area contributed by atoms with Crippen LogP contribution < -0.4 is 0 Å². The van der Waals surface area contributed by atoms with E-state index in [1.54, 1.807) is 28.8 Å². The maximum absolute atomic E-state index is 14.2. The highest BCUT2D eigenvalue weighted by Crippen LogP contribution is 2.34. The third-order valence-corrected chi connectivity index (χ3v) is 3.70. The second-order valence-corrected chi connectivity index (χ2v) is 5.37. The molecule has 0 saturated heterocycles. The molecular weight excluding hydrogens is 322 g/mol. The Labute approximate surface area is 142 Å². The maximum atomic E-state index is 14.2. The van der Waals surface area contributed by atoms with Crippen LogP contribution >= 0.6 is 0 Å². The van der Waals surface area contributed by atoms with Crippen LogP contribution in [0.1, 0.15) is 0 Å². The van der Waals surface area contributed by atoms with E-state index in [9.17, 15) is 8.78 Å². The van der Waals surface area contributed by atoms with E-state index in [4.69, 9.17) is 0 Å². The molecule has 4 rings (SSSR count). The van der Waals surface area contributed by atoms with Crippen molar-refractivity contribution in [1.82, 2.24) is 9.38 Å². The summed E-state index contributed by atoms with van der Waals surface area (Å²) < 4.78 is 29.5. The van der Waals surface area contributed by atoms with E-state index in [-0.39, 0.29) is 11.3 Å². The second kappa shape index (κ2) is 6.24. The first kappa shape index (κ1) is 15.1. The molecule has 0 unspecified atom stereocenters. The number of hydrogen-bond acceptors (Lipinski definition) is 3. The molecule has 0 N–H and O–H groups in total. The molecule has 0 atom stereocenters. The Morgan fingerprint density at radius 2 is 1.64 bits per heavy atom. The Morgan fingerprint density at radius 1 is 0.840 bits per heavy atom. The zero-order valence-electron chi connectivity index (χ0n) is 13.0. The third kappa shape index (κ3) is 2.89. The van der Waals surface area contributed by atoms with E-state index >= 15 is 0 Å². The fourth-order valence-electron chi connectivity index (χ4n) is 2.54. The van der Waals surface area contributed by atoms with Crippen LogP contribution in [0.25, 0.3) is 16.9 Å². The smallest absolute Gasteiger partial charge is 0.187 e. The van der Waals surface area contributed by atoms with E-state index in [1.807, 2.05) is 30.3 Å². The van der Waals surface area contributed by atoms with Gasteiger partial charge in [-0.2, -0.15) is 0 Å². The van der Waals surface area contributed by atoms with Crippen molar-refractivity contribution in [3.8, 4) is 11.3 Å². The average molecular weight is 334 g/mol. The fourth-order valence-corrected chi connectivity index (χ4v) is 2.54. The van der Waals surface area contributed by atoms with Gasteiger partial charge in [0.1, 0.15) is 23.0 Å². The molecule has 0 saturated carbocycles. The van der Waals surface area contributed by atoms with Crippen molar-refractivity contribution >= 4 is 17.2 Å². The zero-order valence-corrected chi connectivity index (χ0v) is 13.0. The van der Waals surface area contributed by atoms with Crippen molar-refractivity contribution in [1.29, 1.82) is 0 Å². The molecule has 0 fully saturated rings. The molecule has 0 aliphatic heterocycles. The minimum absolute atomic E-state index is 0.0470. The van der Waals surface area contributed by atoms with Gasteiger partial charge < -0.3 is 0 Å². The van der Waals surface area contributed by atoms with Crippen LogP contribution in [0.2, 0.25) is 0 Å². The first-order chi connectivity index (χ1) is 12.2. The molecule has 0 bridgehead atoms. The lowest BCUT2D eigenvalue weighted by molar-refractivity contribution is 0.603. The van der Waals surface area contributed by atoms with Crippen molar-refractivity contribution in [3.63, 3.8) is 0 Å². The van der Waals surface area contributed by atoms with Gasteiger partial charge >= 0.3 is 0 Å². The molecule has 2 aromatic carbocycles. The molecule has 4 aromatic rings. The summed E-state index contributed by atoms with van der Waals surface area (Å²) in [7, 11) is 0. The third-order valence-electron chi connectivity index (χ3n) is 3.70. The van der Waals surface area contributed by atoms with Crippen molar-refractivity contribution in [2.75, 3.05) is 0 Å². The Bertz CT molecular complexity index is 1070. The summed E-state index contributed by atoms with van der Waals surface area (Å²) in [5.41, 5.74) is 1.51. The van der Waals surface area contributed by atoms with Gasteiger partial charge in [-0.15, -0.1) is 10.2 Å². The van der Waals surface area contributed by atoms with Crippen LogP contribution in [0.5, 0.6) is 0 Å². The quantitative estimate of drug-likeness (QED) is 0.443. The summed E-state index contributed by atoms with van der Waals surface area (Å²) in [6.45, 7) is 0. The van der Waals surface area contributed by atoms with E-state index in [0.717, 1.165) is 18.2 Å². The molecule has 2 heterocycles. The highest BCUT2D eigenvalue weighted by molar-refractivity contribution is 5.74. The summed E-state index contributed by atoms with van der Waals surface area (Å²) in [5, 5.41) is 8.43. The van der Waals surface area contributed by atoms with Crippen molar-refractivity contribution in [3.05, 3.63) is 84.6 Å². The number of halogens is 2. The van der Waals surface area contributed by atoms with Crippen LogP contribution in [0, 0.1) is 11.6 Å². The first-order valence-corrected chi connectivity index (χ1v) is 7.62. The molecule has 6 heteroatoms. The zero-order chi connectivity index (χ0) is 17.2. The van der Waals surface area contributed by atoms with Gasteiger partial charge in [-0.1, -0.05) is 24.3 Å². The monoisotopic (exact) mass is 334 g/mol. The SMILES string of the molecule is Fc1ccc(F)c(-c2nc3ccccn3c2N=Nc2ccccc2)c1. The number of imidazole rings is 1. The molecular formula is C19H12F2N4. The number of hydrogen-bond donors (Lipinski definition) is 0. The number of nitrogens with zero attached hydrogens (tertiary/aromatic N) is 4. The molecule has 122 valence electrons. The predicted octanol–water partition coefficient (Wildman–Crippen LogP) is 5.69. The van der Waals surface area contributed by atoms with E-state index in [2.05, 4.69) is 15.2 Å². The lowest BCUT2D eigenvalue weighted by atomic mass is 10.1. The number of pyridine rings is 1. The van der Waals surface area contributed by atoms with Gasteiger partial charge in [0.15, 0.2) is 5.82 Å². The van der Waals surface area contributed by atoms with Gasteiger partial charge in [0.2, 0.25) is 0 Å². The van der Waals surface area contributed by atoms with Crippen LogP contribution in [-0.4, -0.2) is 9.38 Å². The summed E-state index contributed by atoms with van der Waals surface area (Å²) in [5.74, 6) is -0.774. The summed E-state index contributed by atoms with van der Waals surface area (Å²) in [6, 6.07) is 17.8. The minimum Gasteiger partial charge on any atom is -0.283 e. The van der Waals surface area contributed by atoms with Crippen molar-refractivity contribution in [2.45, 2.75) is 0 Å². The normalized spacial score (nSPS) is 11.4. The van der Waals surface area contributed by atoms with Gasteiger partial charge in [0.25, 0.3) is 0 Å². The van der Waals surface area contributed by atoms with Gasteiger partial charge in [-0.05, 0) is 42.5 Å². The first-order valence-electron chi connectivity index (χ1n) is 7.62. The number of aromatic nitrogens is 2. The highest BCUT2D eigenvalue weighted by Gasteiger charge is 2.17. The van der Waals surface area contributed by atoms with Crippen LogP contribution in [0.15, 0.2) is 83.2 Å². The summed E-state index contributed by atoms with van der Waals surface area (Å²) >= 11 is 0. The standard InChI is InChI=1S/C19H12F2N4/c20-13-9-10-16(21)15(12-13)18-19(24-23-14-6-2-1-3-7-14)25-11-5-4-8-17(25)22-18/h1-12H. The Hall–Kier alpha value is -3.41. The Kier molecular flexibility index (Phi) is 3.78. The lowest BCUT2D eigenvalue weighted by Gasteiger charge is -2.01. The molecule has 0 spiro atoms. The average Bonchev–Trinajstić information content (AvgIpc) is 3.01. The Morgan fingerprint density at radius 3 is 2.48 bits per heavy atom. The molecule has 2 aromatic heterocycles. The maximum Gasteiger partial charge on any atom is 0.187 e. The molecule has 0 amide bonds. The lowest BCUT2D eigenvalue weighted by Crippen LogP contribution is -1.87. The molecule has 0 aliphatic rings. The molecule has 4 nitrogen and oxygen atoms in total. The van der Waals surface area contributed by atoms with Gasteiger partial charge in [0, 0.05) is 11.8 Å². The topological polar surface area (TPSA) is 42.0 Å². The molecule has 0 radical (unpaired) electrons. The fraction of sp³-hybridized carbons (Fsp3) is 0. The van der Waals surface area contributed by atoms with Gasteiger partial charge in [0.05, 0.1) is 5.69 Å².